The van der Waals surface area contributed by atoms with Gasteiger partial charge in [0.15, 0.2) is 0 Å². The number of esters is 1. The van der Waals surface area contributed by atoms with Crippen molar-refractivity contribution in [3.05, 3.63) is 12.2 Å². The normalized spacial score (nSPS) is 12.4. The predicted molar refractivity (Wildman–Crippen MR) is 398 cm³/mol. The first-order chi connectivity index (χ1) is 44.5. The molecule has 0 spiro atoms. The van der Waals surface area contributed by atoms with E-state index in [1.165, 1.54) is 411 Å². The summed E-state index contributed by atoms with van der Waals surface area (Å²) in [6, 6.07) is -0.537. The first-order valence-electron chi connectivity index (χ1n) is 41.9. The van der Waals surface area contributed by atoms with Crippen LogP contribution in [0, 0.1) is 0 Å². The average molecular weight is 1270 g/mol. The van der Waals surface area contributed by atoms with Crippen LogP contribution in [0.15, 0.2) is 12.2 Å². The number of amides is 1. The summed E-state index contributed by atoms with van der Waals surface area (Å²) in [5, 5.41) is 23.5. The molecule has 0 heterocycles. The van der Waals surface area contributed by atoms with Crippen LogP contribution in [-0.2, 0) is 14.3 Å². The quantitative estimate of drug-likeness (QED) is 0.0320. The standard InChI is InChI=1S/C84H165NO5/c1-3-5-7-9-11-13-15-17-19-20-21-43-46-49-52-56-60-64-68-72-76-82(87)81(80-86)85-83(88)77-73-69-65-61-57-53-50-47-44-41-39-37-35-33-31-29-27-25-23-22-24-26-28-30-32-34-36-38-40-42-45-48-51-55-59-63-67-71-75-79-90-84(89)78-74-70-66-62-58-54-18-16-14-12-10-8-6-4-2/h16,18,81-82,86-87H,3-15,17,19-80H2,1-2H3,(H,85,88)/b18-16-. The van der Waals surface area contributed by atoms with Crippen LogP contribution in [0.25, 0.3) is 0 Å². The van der Waals surface area contributed by atoms with E-state index in [1.54, 1.807) is 0 Å². The number of hydrogen-bond acceptors (Lipinski definition) is 5. The lowest BCUT2D eigenvalue weighted by Gasteiger charge is -2.22. The first kappa shape index (κ1) is 88.6. The molecule has 6 heteroatoms. The number of aliphatic hydroxyl groups is 2. The third-order valence-corrected chi connectivity index (χ3v) is 20.1. The second-order valence-electron chi connectivity index (χ2n) is 29.2. The molecule has 0 aromatic rings. The van der Waals surface area contributed by atoms with Gasteiger partial charge in [-0.25, -0.2) is 0 Å². The van der Waals surface area contributed by atoms with Crippen molar-refractivity contribution in [2.24, 2.45) is 0 Å². The van der Waals surface area contributed by atoms with Crippen molar-refractivity contribution in [2.45, 2.75) is 501 Å². The van der Waals surface area contributed by atoms with Crippen molar-refractivity contribution in [1.82, 2.24) is 5.32 Å². The summed E-state index contributed by atoms with van der Waals surface area (Å²) >= 11 is 0. The lowest BCUT2D eigenvalue weighted by atomic mass is 10.0. The molecule has 0 bridgehead atoms. The molecule has 0 fully saturated rings. The third-order valence-electron chi connectivity index (χ3n) is 20.1. The Morgan fingerprint density at radius 2 is 0.522 bits per heavy atom. The summed E-state index contributed by atoms with van der Waals surface area (Å²) in [6.07, 6.45) is 102. The highest BCUT2D eigenvalue weighted by atomic mass is 16.5. The molecule has 1 amide bonds. The maximum Gasteiger partial charge on any atom is 0.305 e. The number of unbranched alkanes of at least 4 members (excludes halogenated alkanes) is 67. The van der Waals surface area contributed by atoms with E-state index >= 15 is 0 Å². The molecule has 0 aliphatic carbocycles. The van der Waals surface area contributed by atoms with E-state index < -0.39 is 12.1 Å². The molecule has 6 nitrogen and oxygen atoms in total. The van der Waals surface area contributed by atoms with Gasteiger partial charge in [-0.2, -0.15) is 0 Å². The number of ether oxygens (including phenoxy) is 1. The van der Waals surface area contributed by atoms with Crippen LogP contribution >= 0.6 is 0 Å². The minimum atomic E-state index is -0.660. The number of allylic oxidation sites excluding steroid dienone is 2. The van der Waals surface area contributed by atoms with E-state index in [2.05, 4.69) is 31.3 Å². The Kier molecular flexibility index (Phi) is 78.8. The molecule has 0 saturated heterocycles. The van der Waals surface area contributed by atoms with Crippen molar-refractivity contribution in [3.8, 4) is 0 Å². The molecule has 2 unspecified atom stereocenters. The largest absolute Gasteiger partial charge is 0.466 e. The Morgan fingerprint density at radius 3 is 0.789 bits per heavy atom. The van der Waals surface area contributed by atoms with Crippen LogP contribution in [0.5, 0.6) is 0 Å². The van der Waals surface area contributed by atoms with Crippen molar-refractivity contribution in [3.63, 3.8) is 0 Å². The van der Waals surface area contributed by atoms with Gasteiger partial charge in [-0.15, -0.1) is 0 Å². The highest BCUT2D eigenvalue weighted by Crippen LogP contribution is 2.21. The predicted octanol–water partition coefficient (Wildman–Crippen LogP) is 27.8. The van der Waals surface area contributed by atoms with Crippen LogP contribution in [0.2, 0.25) is 0 Å². The van der Waals surface area contributed by atoms with E-state index in [0.717, 1.165) is 44.9 Å². The second kappa shape index (κ2) is 80.0. The number of carbonyl (C=O) groups is 2. The highest BCUT2D eigenvalue weighted by Gasteiger charge is 2.20. The topological polar surface area (TPSA) is 95.9 Å². The Bertz CT molecular complexity index is 1370. The van der Waals surface area contributed by atoms with Gasteiger partial charge in [0.2, 0.25) is 5.91 Å². The molecule has 0 rings (SSSR count). The number of carbonyl (C=O) groups excluding carboxylic acids is 2. The van der Waals surface area contributed by atoms with Gasteiger partial charge in [-0.3, -0.25) is 9.59 Å². The SMILES string of the molecule is CCCCCCC/C=C\CCCCCCCC(=O)OCCCCCCCCCCCCCCCCCCCCCCCCCCCCCCCCCCCCCCCCCC(=O)NC(CO)C(O)CCCCCCCCCCCCCCCCCCCCCC. The third kappa shape index (κ3) is 75.6. The summed E-state index contributed by atoms with van der Waals surface area (Å²) in [7, 11) is 0. The monoisotopic (exact) mass is 1270 g/mol. The maximum absolute atomic E-state index is 12.6. The van der Waals surface area contributed by atoms with Gasteiger partial charge in [0.05, 0.1) is 25.4 Å². The smallest absolute Gasteiger partial charge is 0.305 e. The van der Waals surface area contributed by atoms with Crippen LogP contribution in [0.4, 0.5) is 0 Å². The molecular formula is C84H165NO5. The van der Waals surface area contributed by atoms with Crippen molar-refractivity contribution < 1.29 is 24.5 Å². The van der Waals surface area contributed by atoms with E-state index in [0.29, 0.717) is 25.9 Å². The minimum absolute atomic E-state index is 0.0166. The Balaban J connectivity index is 3.29. The van der Waals surface area contributed by atoms with E-state index in [-0.39, 0.29) is 18.5 Å². The molecule has 0 aliphatic heterocycles. The lowest BCUT2D eigenvalue weighted by molar-refractivity contribution is -0.143. The maximum atomic E-state index is 12.6. The van der Waals surface area contributed by atoms with Crippen molar-refractivity contribution in [2.75, 3.05) is 13.2 Å². The van der Waals surface area contributed by atoms with E-state index in [9.17, 15) is 19.8 Å². The number of rotatable bonds is 80. The molecule has 2 atom stereocenters. The van der Waals surface area contributed by atoms with Gasteiger partial charge in [0, 0.05) is 12.8 Å². The Labute approximate surface area is 565 Å². The van der Waals surface area contributed by atoms with Crippen LogP contribution < -0.4 is 5.32 Å². The molecule has 0 aromatic carbocycles. The first-order valence-corrected chi connectivity index (χ1v) is 41.9. The van der Waals surface area contributed by atoms with Gasteiger partial charge < -0.3 is 20.3 Å². The van der Waals surface area contributed by atoms with Gasteiger partial charge in [-0.05, 0) is 51.4 Å². The zero-order chi connectivity index (χ0) is 64.9. The highest BCUT2D eigenvalue weighted by molar-refractivity contribution is 5.76. The molecule has 90 heavy (non-hydrogen) atoms. The molecule has 0 saturated carbocycles. The number of aliphatic hydroxyl groups excluding tert-OH is 2. The van der Waals surface area contributed by atoms with Crippen molar-refractivity contribution >= 4 is 11.9 Å². The van der Waals surface area contributed by atoms with Gasteiger partial charge >= 0.3 is 5.97 Å². The fourth-order valence-electron chi connectivity index (χ4n) is 13.7. The van der Waals surface area contributed by atoms with E-state index in [4.69, 9.17) is 4.74 Å². The molecule has 0 radical (unpaired) electrons. The molecule has 3 N–H and O–H groups in total. The van der Waals surface area contributed by atoms with Gasteiger partial charge in [-0.1, -0.05) is 437 Å². The second-order valence-corrected chi connectivity index (χ2v) is 29.2. The summed E-state index contributed by atoms with van der Waals surface area (Å²) < 4.78 is 5.50. The fraction of sp³-hybridized carbons (Fsp3) is 0.952. The molecule has 0 aromatic heterocycles. The Hall–Kier alpha value is -1.40. The fourth-order valence-corrected chi connectivity index (χ4v) is 13.7. The number of nitrogens with one attached hydrogen (secondary N) is 1. The summed E-state index contributed by atoms with van der Waals surface area (Å²) in [5.41, 5.74) is 0. The van der Waals surface area contributed by atoms with Crippen LogP contribution in [0.1, 0.15) is 489 Å². The van der Waals surface area contributed by atoms with Crippen LogP contribution in [0.3, 0.4) is 0 Å². The van der Waals surface area contributed by atoms with Gasteiger partial charge in [0.1, 0.15) is 0 Å². The lowest BCUT2D eigenvalue weighted by Crippen LogP contribution is -2.45. The van der Waals surface area contributed by atoms with E-state index in [1.807, 2.05) is 0 Å². The Morgan fingerprint density at radius 1 is 0.300 bits per heavy atom. The zero-order valence-electron chi connectivity index (χ0n) is 61.7. The minimum Gasteiger partial charge on any atom is -0.466 e. The summed E-state index contributed by atoms with van der Waals surface area (Å²) in [4.78, 5) is 24.6. The summed E-state index contributed by atoms with van der Waals surface area (Å²) in [5.74, 6) is -0.00645. The van der Waals surface area contributed by atoms with Gasteiger partial charge in [0.25, 0.3) is 0 Å². The van der Waals surface area contributed by atoms with Crippen LogP contribution in [-0.4, -0.2) is 47.4 Å². The zero-order valence-corrected chi connectivity index (χ0v) is 61.7. The molecule has 0 aliphatic rings. The molecular weight excluding hydrogens is 1100 g/mol. The number of hydrogen-bond donors (Lipinski definition) is 3. The average Bonchev–Trinajstić information content (AvgIpc) is 3.68. The molecule has 536 valence electrons. The summed E-state index contributed by atoms with van der Waals surface area (Å²) in [6.45, 7) is 5.00. The van der Waals surface area contributed by atoms with Crippen molar-refractivity contribution in [1.29, 1.82) is 0 Å².